The fourth-order valence-electron chi connectivity index (χ4n) is 4.17. The largest absolute Gasteiger partial charge is 0.446 e. The molecule has 1 aliphatic rings. The molecular weight excluding hydrogens is 497 g/mol. The zero-order valence-electron chi connectivity index (χ0n) is 19.2. The number of thioether (sulfide) groups is 1. The van der Waals surface area contributed by atoms with Gasteiger partial charge in [-0.05, 0) is 67.4 Å². The minimum atomic E-state index is -4.43. The van der Waals surface area contributed by atoms with Crippen molar-refractivity contribution in [1.29, 1.82) is 0 Å². The number of imide groups is 1. The van der Waals surface area contributed by atoms with Gasteiger partial charge in [-0.3, -0.25) is 29.1 Å². The van der Waals surface area contributed by atoms with Crippen LogP contribution in [0.15, 0.2) is 46.1 Å². The Hall–Kier alpha value is -3.67. The third-order valence-corrected chi connectivity index (χ3v) is 6.73. The number of rotatable bonds is 5. The summed E-state index contributed by atoms with van der Waals surface area (Å²) in [4.78, 5) is 54.5. The van der Waals surface area contributed by atoms with Gasteiger partial charge in [0.25, 0.3) is 11.5 Å². The molecule has 2 heterocycles. The number of aromatic nitrogens is 2. The van der Waals surface area contributed by atoms with Crippen molar-refractivity contribution in [3.63, 3.8) is 0 Å². The van der Waals surface area contributed by atoms with Gasteiger partial charge in [-0.15, -0.1) is 0 Å². The Kier molecular flexibility index (Phi) is 6.90. The van der Waals surface area contributed by atoms with Crippen molar-refractivity contribution in [1.82, 2.24) is 20.2 Å². The van der Waals surface area contributed by atoms with Gasteiger partial charge in [-0.1, -0.05) is 12.1 Å². The second-order valence-electron chi connectivity index (χ2n) is 8.32. The first-order valence-corrected chi connectivity index (χ1v) is 11.8. The molecule has 0 radical (unpaired) electrons. The standard InChI is InChI=1S/C24H21F3N4O4S/c1-12-10-14(6-8-18(12)36-24(25,26)27)21(33)28-11-15-4-3-5-16-20(15)23(35)31(13(2)29-16)17-7-9-19(32)30-22(17)34/h3-6,8,10,17H,7,9,11H2,1-2H3,(H,28,33)(H,30,32,34). The summed E-state index contributed by atoms with van der Waals surface area (Å²) in [5.74, 6) is -1.19. The van der Waals surface area contributed by atoms with Crippen LogP contribution in [0.25, 0.3) is 10.9 Å². The molecule has 3 amide bonds. The van der Waals surface area contributed by atoms with Gasteiger partial charge in [-0.2, -0.15) is 13.2 Å². The Morgan fingerprint density at radius 1 is 1.19 bits per heavy atom. The monoisotopic (exact) mass is 518 g/mol. The van der Waals surface area contributed by atoms with E-state index in [1.165, 1.54) is 29.7 Å². The number of amides is 3. The van der Waals surface area contributed by atoms with Gasteiger partial charge in [0.2, 0.25) is 11.8 Å². The van der Waals surface area contributed by atoms with E-state index in [9.17, 15) is 32.3 Å². The van der Waals surface area contributed by atoms with E-state index in [0.717, 1.165) is 0 Å². The van der Waals surface area contributed by atoms with Gasteiger partial charge in [0.1, 0.15) is 11.9 Å². The lowest BCUT2D eigenvalue weighted by atomic mass is 10.0. The third-order valence-electron chi connectivity index (χ3n) is 5.82. The van der Waals surface area contributed by atoms with Crippen LogP contribution in [-0.2, 0) is 16.1 Å². The molecule has 0 spiro atoms. The van der Waals surface area contributed by atoms with Gasteiger partial charge in [0.05, 0.1) is 10.9 Å². The molecule has 1 atom stereocenters. The number of halogens is 3. The summed E-state index contributed by atoms with van der Waals surface area (Å²) in [6, 6.07) is 8.00. The van der Waals surface area contributed by atoms with Crippen molar-refractivity contribution in [2.45, 2.75) is 49.7 Å². The summed E-state index contributed by atoms with van der Waals surface area (Å²) in [6.07, 6.45) is 0.261. The van der Waals surface area contributed by atoms with E-state index in [-0.39, 0.29) is 47.0 Å². The number of carbonyl (C=O) groups excluding carboxylic acids is 3. The van der Waals surface area contributed by atoms with Gasteiger partial charge in [-0.25, -0.2) is 4.98 Å². The van der Waals surface area contributed by atoms with Crippen LogP contribution in [0.2, 0.25) is 0 Å². The van der Waals surface area contributed by atoms with Gasteiger partial charge < -0.3 is 5.32 Å². The number of alkyl halides is 3. The van der Waals surface area contributed by atoms with E-state index < -0.39 is 34.8 Å². The fourth-order valence-corrected chi connectivity index (χ4v) is 4.78. The lowest BCUT2D eigenvalue weighted by Crippen LogP contribution is -2.45. The summed E-state index contributed by atoms with van der Waals surface area (Å²) in [5.41, 5.74) is -3.58. The molecule has 3 aromatic rings. The van der Waals surface area contributed by atoms with Crippen molar-refractivity contribution in [3.05, 3.63) is 69.3 Å². The topological polar surface area (TPSA) is 110 Å². The van der Waals surface area contributed by atoms with E-state index >= 15 is 0 Å². The zero-order chi connectivity index (χ0) is 26.2. The number of hydrogen-bond acceptors (Lipinski definition) is 6. The van der Waals surface area contributed by atoms with Crippen LogP contribution in [0.3, 0.4) is 0 Å². The lowest BCUT2D eigenvalue weighted by Gasteiger charge is -2.24. The minimum absolute atomic E-state index is 0.00329. The normalized spacial score (nSPS) is 16.2. The highest BCUT2D eigenvalue weighted by Gasteiger charge is 2.31. The predicted octanol–water partition coefficient (Wildman–Crippen LogP) is 3.53. The molecular formula is C24H21F3N4O4S. The van der Waals surface area contributed by atoms with E-state index in [2.05, 4.69) is 15.6 Å². The Morgan fingerprint density at radius 3 is 2.61 bits per heavy atom. The van der Waals surface area contributed by atoms with E-state index in [0.29, 0.717) is 22.5 Å². The number of hydrogen-bond donors (Lipinski definition) is 2. The van der Waals surface area contributed by atoms with E-state index in [1.807, 2.05) is 0 Å². The third kappa shape index (κ3) is 5.27. The van der Waals surface area contributed by atoms with E-state index in [1.54, 1.807) is 25.1 Å². The number of nitrogens with one attached hydrogen (secondary N) is 2. The molecule has 4 rings (SSSR count). The SMILES string of the molecule is Cc1cc(C(=O)NCc2cccc3nc(C)n(C4CCC(=O)NC4=O)c(=O)c23)ccc1SC(F)(F)F. The van der Waals surface area contributed by atoms with Crippen LogP contribution in [0, 0.1) is 13.8 Å². The molecule has 1 aliphatic heterocycles. The first-order valence-electron chi connectivity index (χ1n) is 10.9. The molecule has 0 bridgehead atoms. The average molecular weight is 519 g/mol. The van der Waals surface area contributed by atoms with Gasteiger partial charge in [0, 0.05) is 23.4 Å². The molecule has 1 unspecified atom stereocenters. The zero-order valence-corrected chi connectivity index (χ0v) is 20.0. The molecule has 2 N–H and O–H groups in total. The van der Waals surface area contributed by atoms with Crippen molar-refractivity contribution in [2.75, 3.05) is 0 Å². The Bertz CT molecular complexity index is 1450. The molecule has 0 saturated carbocycles. The Morgan fingerprint density at radius 2 is 1.94 bits per heavy atom. The number of aryl methyl sites for hydroxylation is 2. The van der Waals surface area contributed by atoms with Crippen LogP contribution in [0.5, 0.6) is 0 Å². The van der Waals surface area contributed by atoms with Crippen LogP contribution in [0.1, 0.15) is 46.2 Å². The first kappa shape index (κ1) is 25.4. The minimum Gasteiger partial charge on any atom is -0.348 e. The highest BCUT2D eigenvalue weighted by Crippen LogP contribution is 2.38. The van der Waals surface area contributed by atoms with Crippen LogP contribution < -0.4 is 16.2 Å². The first-order chi connectivity index (χ1) is 16.9. The summed E-state index contributed by atoms with van der Waals surface area (Å²) in [5, 5.41) is 5.15. The van der Waals surface area contributed by atoms with Crippen molar-refractivity contribution in [3.8, 4) is 0 Å². The number of carbonyl (C=O) groups is 3. The summed E-state index contributed by atoms with van der Waals surface area (Å²) in [7, 11) is 0. The maximum atomic E-state index is 13.5. The second kappa shape index (κ2) is 9.76. The Balaban J connectivity index is 1.61. The lowest BCUT2D eigenvalue weighted by molar-refractivity contribution is -0.135. The molecule has 188 valence electrons. The summed E-state index contributed by atoms with van der Waals surface area (Å²) < 4.78 is 39.3. The van der Waals surface area contributed by atoms with Crippen LogP contribution in [0.4, 0.5) is 13.2 Å². The Labute approximate surface area is 207 Å². The van der Waals surface area contributed by atoms with E-state index in [4.69, 9.17) is 0 Å². The van der Waals surface area contributed by atoms with Crippen LogP contribution in [-0.4, -0.2) is 32.8 Å². The van der Waals surface area contributed by atoms with Crippen LogP contribution >= 0.6 is 11.8 Å². The number of benzene rings is 2. The summed E-state index contributed by atoms with van der Waals surface area (Å²) >= 11 is -0.247. The number of piperidine rings is 1. The molecule has 1 saturated heterocycles. The maximum absolute atomic E-state index is 13.5. The molecule has 1 aromatic heterocycles. The average Bonchev–Trinajstić information content (AvgIpc) is 2.79. The smallest absolute Gasteiger partial charge is 0.348 e. The molecule has 0 aliphatic carbocycles. The molecule has 8 nitrogen and oxygen atoms in total. The predicted molar refractivity (Wildman–Crippen MR) is 126 cm³/mol. The quantitative estimate of drug-likeness (QED) is 0.395. The number of fused-ring (bicyclic) bond motifs is 1. The van der Waals surface area contributed by atoms with Gasteiger partial charge >= 0.3 is 5.51 Å². The number of nitrogens with zero attached hydrogens (tertiary/aromatic N) is 2. The van der Waals surface area contributed by atoms with Crippen molar-refractivity contribution in [2.24, 2.45) is 0 Å². The van der Waals surface area contributed by atoms with Crippen molar-refractivity contribution < 1.29 is 27.6 Å². The maximum Gasteiger partial charge on any atom is 0.446 e. The summed E-state index contributed by atoms with van der Waals surface area (Å²) in [6.45, 7) is 3.03. The van der Waals surface area contributed by atoms with Crippen molar-refractivity contribution >= 4 is 40.4 Å². The molecule has 1 fully saturated rings. The fraction of sp³-hybridized carbons (Fsp3) is 0.292. The molecule has 12 heteroatoms. The highest BCUT2D eigenvalue weighted by atomic mass is 32.2. The van der Waals surface area contributed by atoms with Gasteiger partial charge in [0.15, 0.2) is 0 Å². The molecule has 2 aromatic carbocycles. The second-order valence-corrected chi connectivity index (χ2v) is 9.43. The molecule has 36 heavy (non-hydrogen) atoms. The highest BCUT2D eigenvalue weighted by molar-refractivity contribution is 8.00.